The number of nitrogens with one attached hydrogen (secondary N) is 1. The van der Waals surface area contributed by atoms with Crippen LogP contribution in [0.15, 0.2) is 11.4 Å². The molecule has 1 aliphatic heterocycles. The lowest BCUT2D eigenvalue weighted by Gasteiger charge is -2.36. The van der Waals surface area contributed by atoms with Crippen molar-refractivity contribution in [3.8, 4) is 0 Å². The summed E-state index contributed by atoms with van der Waals surface area (Å²) in [4.78, 5) is 13.1. The Morgan fingerprint density at radius 3 is 3.20 bits per heavy atom. The first-order chi connectivity index (χ1) is 7.22. The highest BCUT2D eigenvalue weighted by Gasteiger charge is 2.48. The molecule has 2 unspecified atom stereocenters. The van der Waals surface area contributed by atoms with Gasteiger partial charge in [-0.25, -0.2) is 0 Å². The van der Waals surface area contributed by atoms with Gasteiger partial charge in [0.25, 0.3) is 0 Å². The van der Waals surface area contributed by atoms with Gasteiger partial charge in [0.2, 0.25) is 5.91 Å². The fraction of sp³-hybridized carbons (Fsp3) is 0.583. The Morgan fingerprint density at radius 1 is 1.60 bits per heavy atom. The van der Waals surface area contributed by atoms with Crippen LogP contribution >= 0.6 is 11.3 Å². The lowest BCUT2D eigenvalue weighted by molar-refractivity contribution is -0.119. The van der Waals surface area contributed by atoms with E-state index in [4.69, 9.17) is 0 Å². The van der Waals surface area contributed by atoms with Crippen molar-refractivity contribution in [1.82, 2.24) is 5.32 Å². The average Bonchev–Trinajstić information content (AvgIpc) is 2.74. The van der Waals surface area contributed by atoms with Gasteiger partial charge in [-0.2, -0.15) is 0 Å². The second kappa shape index (κ2) is 3.08. The summed E-state index contributed by atoms with van der Waals surface area (Å²) in [6.45, 7) is 2.15. The van der Waals surface area contributed by atoms with Crippen molar-refractivity contribution in [3.05, 3.63) is 21.9 Å². The van der Waals surface area contributed by atoms with E-state index in [-0.39, 0.29) is 11.3 Å². The first kappa shape index (κ1) is 9.40. The molecule has 80 valence electrons. The first-order valence-electron chi connectivity index (χ1n) is 5.58. The predicted octanol–water partition coefficient (Wildman–Crippen LogP) is 2.23. The molecule has 1 spiro atoms. The molecular weight excluding hydrogens is 206 g/mol. The van der Waals surface area contributed by atoms with Gasteiger partial charge in [0, 0.05) is 22.8 Å². The minimum atomic E-state index is 0.116. The summed E-state index contributed by atoms with van der Waals surface area (Å²) in [5.41, 5.74) is 1.56. The number of amides is 1. The maximum atomic E-state index is 11.6. The van der Waals surface area contributed by atoms with Crippen molar-refractivity contribution in [3.63, 3.8) is 0 Å². The van der Waals surface area contributed by atoms with Crippen LogP contribution in [0.2, 0.25) is 0 Å². The number of carbonyl (C=O) groups excluding carboxylic acids is 1. The molecular formula is C12H15NOS. The molecule has 0 aromatic carbocycles. The number of rotatable bonds is 0. The Bertz CT molecular complexity index is 412. The third-order valence-corrected chi connectivity index (χ3v) is 4.97. The topological polar surface area (TPSA) is 29.1 Å². The van der Waals surface area contributed by atoms with Crippen LogP contribution in [0, 0.1) is 0 Å². The Balaban J connectivity index is 2.11. The van der Waals surface area contributed by atoms with Crippen LogP contribution in [0.25, 0.3) is 0 Å². The maximum Gasteiger partial charge on any atom is 0.221 e. The number of fused-ring (bicyclic) bond motifs is 2. The van der Waals surface area contributed by atoms with E-state index < -0.39 is 0 Å². The van der Waals surface area contributed by atoms with E-state index in [1.54, 1.807) is 0 Å². The highest BCUT2D eigenvalue weighted by Crippen LogP contribution is 2.46. The van der Waals surface area contributed by atoms with Crippen molar-refractivity contribution >= 4 is 17.2 Å². The SMILES string of the molecule is CC1NC(=O)CC12CCCc1sccc12. The fourth-order valence-electron chi connectivity index (χ4n) is 3.18. The van der Waals surface area contributed by atoms with E-state index in [9.17, 15) is 4.79 Å². The highest BCUT2D eigenvalue weighted by molar-refractivity contribution is 7.10. The lowest BCUT2D eigenvalue weighted by Crippen LogP contribution is -2.40. The number of hydrogen-bond donors (Lipinski definition) is 1. The van der Waals surface area contributed by atoms with E-state index in [1.165, 1.54) is 23.3 Å². The second-order valence-electron chi connectivity index (χ2n) is 4.73. The molecule has 1 aliphatic carbocycles. The summed E-state index contributed by atoms with van der Waals surface area (Å²) in [6.07, 6.45) is 4.29. The number of aryl methyl sites for hydroxylation is 1. The van der Waals surface area contributed by atoms with Crippen LogP contribution in [0.3, 0.4) is 0 Å². The van der Waals surface area contributed by atoms with Gasteiger partial charge >= 0.3 is 0 Å². The molecule has 0 bridgehead atoms. The molecule has 2 nitrogen and oxygen atoms in total. The molecule has 2 aliphatic rings. The number of thiophene rings is 1. The summed E-state index contributed by atoms with van der Waals surface area (Å²) in [7, 11) is 0. The molecule has 15 heavy (non-hydrogen) atoms. The molecule has 2 atom stereocenters. The van der Waals surface area contributed by atoms with Gasteiger partial charge < -0.3 is 5.32 Å². The van der Waals surface area contributed by atoms with Crippen LogP contribution in [0.4, 0.5) is 0 Å². The van der Waals surface area contributed by atoms with Gasteiger partial charge in [0.05, 0.1) is 0 Å². The minimum absolute atomic E-state index is 0.116. The smallest absolute Gasteiger partial charge is 0.221 e. The Hall–Kier alpha value is -0.830. The van der Waals surface area contributed by atoms with Crippen molar-refractivity contribution in [2.24, 2.45) is 0 Å². The minimum Gasteiger partial charge on any atom is -0.353 e. The molecule has 1 N–H and O–H groups in total. The van der Waals surface area contributed by atoms with Crippen LogP contribution < -0.4 is 5.32 Å². The Morgan fingerprint density at radius 2 is 2.47 bits per heavy atom. The summed E-state index contributed by atoms with van der Waals surface area (Å²) >= 11 is 1.85. The molecule has 3 heteroatoms. The first-order valence-corrected chi connectivity index (χ1v) is 6.46. The maximum absolute atomic E-state index is 11.6. The van der Waals surface area contributed by atoms with Crippen LogP contribution in [0.5, 0.6) is 0 Å². The van der Waals surface area contributed by atoms with Gasteiger partial charge in [-0.15, -0.1) is 11.3 Å². The molecule has 1 saturated heterocycles. The molecule has 0 radical (unpaired) electrons. The van der Waals surface area contributed by atoms with Crippen LogP contribution in [-0.2, 0) is 16.6 Å². The predicted molar refractivity (Wildman–Crippen MR) is 61.2 cm³/mol. The summed E-state index contributed by atoms with van der Waals surface area (Å²) in [5.74, 6) is 0.224. The zero-order chi connectivity index (χ0) is 10.5. The molecule has 1 aromatic heterocycles. The van der Waals surface area contributed by atoms with Gasteiger partial charge in [-0.05, 0) is 43.2 Å². The average molecular weight is 221 g/mol. The lowest BCUT2D eigenvalue weighted by atomic mass is 9.68. The van der Waals surface area contributed by atoms with Crippen molar-refractivity contribution < 1.29 is 4.79 Å². The zero-order valence-corrected chi connectivity index (χ0v) is 9.69. The van der Waals surface area contributed by atoms with E-state index >= 15 is 0 Å². The largest absolute Gasteiger partial charge is 0.353 e. The third kappa shape index (κ3) is 1.19. The Kier molecular flexibility index (Phi) is 1.93. The molecule has 0 saturated carbocycles. The molecule has 3 rings (SSSR count). The molecule has 1 fully saturated rings. The van der Waals surface area contributed by atoms with Crippen molar-refractivity contribution in [2.45, 2.75) is 44.1 Å². The summed E-state index contributed by atoms with van der Waals surface area (Å²) in [6, 6.07) is 2.54. The van der Waals surface area contributed by atoms with Gasteiger partial charge in [-0.1, -0.05) is 0 Å². The van der Waals surface area contributed by atoms with Crippen LogP contribution in [0.1, 0.15) is 36.6 Å². The second-order valence-corrected chi connectivity index (χ2v) is 5.73. The number of carbonyl (C=O) groups is 1. The number of hydrogen-bond acceptors (Lipinski definition) is 2. The van der Waals surface area contributed by atoms with E-state index in [0.29, 0.717) is 12.5 Å². The van der Waals surface area contributed by atoms with E-state index in [1.807, 2.05) is 11.3 Å². The quantitative estimate of drug-likeness (QED) is 0.715. The van der Waals surface area contributed by atoms with Gasteiger partial charge in [0.1, 0.15) is 0 Å². The standard InChI is InChI=1S/C12H15NOS/c1-8-12(7-11(14)13-8)5-2-3-10-9(12)4-6-15-10/h4,6,8H,2-3,5,7H2,1H3,(H,13,14). The normalized spacial score (nSPS) is 34.2. The molecule has 1 aromatic rings. The van der Waals surface area contributed by atoms with Gasteiger partial charge in [-0.3, -0.25) is 4.79 Å². The third-order valence-electron chi connectivity index (χ3n) is 3.99. The van der Waals surface area contributed by atoms with Crippen molar-refractivity contribution in [1.29, 1.82) is 0 Å². The van der Waals surface area contributed by atoms with Gasteiger partial charge in [0.15, 0.2) is 0 Å². The summed E-state index contributed by atoms with van der Waals surface area (Å²) in [5, 5.41) is 5.25. The zero-order valence-electron chi connectivity index (χ0n) is 8.88. The monoisotopic (exact) mass is 221 g/mol. The molecule has 2 heterocycles. The summed E-state index contributed by atoms with van der Waals surface area (Å²) < 4.78 is 0. The highest BCUT2D eigenvalue weighted by atomic mass is 32.1. The van der Waals surface area contributed by atoms with Crippen LogP contribution in [-0.4, -0.2) is 11.9 Å². The fourth-order valence-corrected chi connectivity index (χ4v) is 4.21. The molecule has 1 amide bonds. The van der Waals surface area contributed by atoms with E-state index in [2.05, 4.69) is 23.7 Å². The Labute approximate surface area is 93.7 Å². The van der Waals surface area contributed by atoms with Crippen molar-refractivity contribution in [2.75, 3.05) is 0 Å². The van der Waals surface area contributed by atoms with E-state index in [0.717, 1.165) is 6.42 Å².